The van der Waals surface area contributed by atoms with Gasteiger partial charge >= 0.3 is 0 Å². The van der Waals surface area contributed by atoms with Crippen molar-refractivity contribution in [2.75, 3.05) is 39.8 Å². The molecule has 0 aromatic rings. The molecule has 7 nitrogen and oxygen atoms in total. The summed E-state index contributed by atoms with van der Waals surface area (Å²) in [5.41, 5.74) is 5.53. The Morgan fingerprint density at radius 2 is 1.72 bits per heavy atom. The molecule has 0 aromatic carbocycles. The van der Waals surface area contributed by atoms with E-state index in [9.17, 15) is 4.79 Å². The number of rotatable bonds is 8. The van der Waals surface area contributed by atoms with Gasteiger partial charge in [0, 0.05) is 32.8 Å². The smallest absolute Gasteiger partial charge is 0.221 e. The fourth-order valence-electron chi connectivity index (χ4n) is 6.64. The van der Waals surface area contributed by atoms with Crippen LogP contribution in [0.3, 0.4) is 0 Å². The Morgan fingerprint density at radius 3 is 2.38 bits per heavy atom. The first-order valence-electron chi connectivity index (χ1n) is 13.4. The third kappa shape index (κ3) is 6.89. The van der Waals surface area contributed by atoms with Crippen molar-refractivity contribution in [2.45, 2.75) is 89.1 Å². The summed E-state index contributed by atoms with van der Waals surface area (Å²) in [4.78, 5) is 14.0. The summed E-state index contributed by atoms with van der Waals surface area (Å²) in [7, 11) is 1.85. The Kier molecular flexibility index (Phi) is 9.23. The lowest BCUT2D eigenvalue weighted by Gasteiger charge is -2.40. The van der Waals surface area contributed by atoms with Gasteiger partial charge in [-0.25, -0.2) is 0 Å². The Hall–Kier alpha value is -0.730. The van der Waals surface area contributed by atoms with Crippen LogP contribution in [0.2, 0.25) is 0 Å². The summed E-state index contributed by atoms with van der Waals surface area (Å²) in [6.07, 6.45) is 14.4. The average Bonchev–Trinajstić information content (AvgIpc) is 2.84. The van der Waals surface area contributed by atoms with Gasteiger partial charge < -0.3 is 15.4 Å². The van der Waals surface area contributed by atoms with Gasteiger partial charge in [-0.3, -0.25) is 20.7 Å². The third-order valence-electron chi connectivity index (χ3n) is 8.90. The predicted molar refractivity (Wildman–Crippen MR) is 128 cm³/mol. The maximum absolute atomic E-state index is 11.5. The van der Waals surface area contributed by atoms with Crippen molar-refractivity contribution in [3.05, 3.63) is 0 Å². The van der Waals surface area contributed by atoms with Crippen molar-refractivity contribution < 1.29 is 9.53 Å². The average molecular weight is 450 g/mol. The highest BCUT2D eigenvalue weighted by Crippen LogP contribution is 2.32. The van der Waals surface area contributed by atoms with E-state index in [1.54, 1.807) is 0 Å². The number of methoxy groups -OCH3 is 1. The van der Waals surface area contributed by atoms with E-state index in [4.69, 9.17) is 10.5 Å². The van der Waals surface area contributed by atoms with Crippen LogP contribution in [-0.4, -0.2) is 69.1 Å². The summed E-state index contributed by atoms with van der Waals surface area (Å²) < 4.78 is 5.53. The zero-order valence-corrected chi connectivity index (χ0v) is 20.2. The number of ether oxygens (including phenoxy) is 1. The molecule has 2 saturated carbocycles. The maximum Gasteiger partial charge on any atom is 0.221 e. The van der Waals surface area contributed by atoms with Crippen LogP contribution in [0, 0.1) is 23.7 Å². The SMILES string of the molecule is COC1CCC(C2CNC(NC3CCC(CCN4CCCC(C(N)=O)C4)CC3)NC2)CC1. The second-order valence-electron chi connectivity index (χ2n) is 11.0. The topological polar surface area (TPSA) is 91.7 Å². The molecule has 184 valence electrons. The Morgan fingerprint density at radius 1 is 1.00 bits per heavy atom. The van der Waals surface area contributed by atoms with E-state index in [2.05, 4.69) is 20.9 Å². The zero-order valence-electron chi connectivity index (χ0n) is 20.2. The first kappa shape index (κ1) is 24.4. The van der Waals surface area contributed by atoms with Gasteiger partial charge in [0.2, 0.25) is 5.91 Å². The van der Waals surface area contributed by atoms with Gasteiger partial charge in [0.05, 0.1) is 12.0 Å². The number of amides is 1. The second kappa shape index (κ2) is 12.1. The van der Waals surface area contributed by atoms with Crippen molar-refractivity contribution in [3.8, 4) is 0 Å². The Labute approximate surface area is 194 Å². The number of likely N-dealkylation sites (tertiary alicyclic amines) is 1. The molecule has 0 aromatic heterocycles. The normalized spacial score (nSPS) is 39.6. The molecule has 4 fully saturated rings. The molecule has 2 aliphatic heterocycles. The molecule has 1 atom stereocenters. The van der Waals surface area contributed by atoms with Crippen LogP contribution in [0.15, 0.2) is 0 Å². The van der Waals surface area contributed by atoms with Gasteiger partial charge in [-0.1, -0.05) is 0 Å². The third-order valence-corrected chi connectivity index (χ3v) is 8.90. The van der Waals surface area contributed by atoms with Crippen molar-refractivity contribution in [3.63, 3.8) is 0 Å². The van der Waals surface area contributed by atoms with Crippen molar-refractivity contribution >= 4 is 5.91 Å². The standard InChI is InChI=1S/C25H47N5O2/c1-32-23-10-6-19(7-11-23)21-15-27-25(28-16-21)29-22-8-4-18(5-9-22)12-14-30-13-2-3-20(17-30)24(26)31/h18-23,25,27-29H,2-17H2,1H3,(H2,26,31). The van der Waals surface area contributed by atoms with Crippen LogP contribution in [0.5, 0.6) is 0 Å². The van der Waals surface area contributed by atoms with E-state index in [0.717, 1.165) is 63.3 Å². The highest BCUT2D eigenvalue weighted by molar-refractivity contribution is 5.76. The van der Waals surface area contributed by atoms with E-state index in [-0.39, 0.29) is 18.1 Å². The van der Waals surface area contributed by atoms with Crippen LogP contribution >= 0.6 is 0 Å². The minimum absolute atomic E-state index is 0.0687. The maximum atomic E-state index is 11.5. The van der Waals surface area contributed by atoms with Gasteiger partial charge in [-0.05, 0) is 101 Å². The van der Waals surface area contributed by atoms with Crippen molar-refractivity contribution in [2.24, 2.45) is 29.4 Å². The van der Waals surface area contributed by atoms with Gasteiger partial charge in [0.15, 0.2) is 0 Å². The first-order chi connectivity index (χ1) is 15.6. The molecular formula is C25H47N5O2. The molecule has 0 spiro atoms. The molecule has 4 aliphatic rings. The number of piperidine rings is 1. The zero-order chi connectivity index (χ0) is 22.3. The largest absolute Gasteiger partial charge is 0.381 e. The first-order valence-corrected chi connectivity index (χ1v) is 13.4. The monoisotopic (exact) mass is 449 g/mol. The van der Waals surface area contributed by atoms with Crippen LogP contribution in [0.4, 0.5) is 0 Å². The van der Waals surface area contributed by atoms with E-state index < -0.39 is 0 Å². The molecule has 2 aliphatic carbocycles. The number of nitrogens with two attached hydrogens (primary N) is 1. The fourth-order valence-corrected chi connectivity index (χ4v) is 6.64. The van der Waals surface area contributed by atoms with Gasteiger partial charge in [-0.2, -0.15) is 0 Å². The predicted octanol–water partition coefficient (Wildman–Crippen LogP) is 2.02. The van der Waals surface area contributed by atoms with Gasteiger partial charge in [-0.15, -0.1) is 0 Å². The Bertz CT molecular complexity index is 567. The fraction of sp³-hybridized carbons (Fsp3) is 0.960. The number of primary amides is 1. The summed E-state index contributed by atoms with van der Waals surface area (Å²) >= 11 is 0. The summed E-state index contributed by atoms with van der Waals surface area (Å²) in [6, 6.07) is 0.624. The number of carbonyl (C=O) groups excluding carboxylic acids is 1. The molecule has 32 heavy (non-hydrogen) atoms. The van der Waals surface area contributed by atoms with Crippen molar-refractivity contribution in [1.82, 2.24) is 20.9 Å². The molecule has 2 heterocycles. The lowest BCUT2D eigenvalue weighted by molar-refractivity contribution is -0.123. The molecule has 2 saturated heterocycles. The van der Waals surface area contributed by atoms with Crippen LogP contribution in [-0.2, 0) is 9.53 Å². The minimum Gasteiger partial charge on any atom is -0.381 e. The Balaban J connectivity index is 1.08. The number of nitrogens with one attached hydrogen (secondary N) is 3. The lowest BCUT2D eigenvalue weighted by Crippen LogP contribution is -2.63. The summed E-state index contributed by atoms with van der Waals surface area (Å²) in [6.45, 7) is 5.40. The molecule has 7 heteroatoms. The molecule has 1 unspecified atom stereocenters. The van der Waals surface area contributed by atoms with E-state index in [1.807, 2.05) is 7.11 Å². The van der Waals surface area contributed by atoms with E-state index in [1.165, 1.54) is 57.8 Å². The molecule has 4 rings (SSSR count). The number of hydrogen-bond acceptors (Lipinski definition) is 6. The summed E-state index contributed by atoms with van der Waals surface area (Å²) in [5, 5.41) is 11.3. The van der Waals surface area contributed by atoms with Crippen LogP contribution < -0.4 is 21.7 Å². The van der Waals surface area contributed by atoms with Crippen LogP contribution in [0.25, 0.3) is 0 Å². The van der Waals surface area contributed by atoms with Gasteiger partial charge in [0.1, 0.15) is 6.29 Å². The summed E-state index contributed by atoms with van der Waals surface area (Å²) in [5.74, 6) is 2.39. The van der Waals surface area contributed by atoms with Gasteiger partial charge in [0.25, 0.3) is 0 Å². The quantitative estimate of drug-likeness (QED) is 0.453. The second-order valence-corrected chi connectivity index (χ2v) is 11.0. The van der Waals surface area contributed by atoms with E-state index in [0.29, 0.717) is 12.1 Å². The number of hydrogen-bond donors (Lipinski definition) is 4. The number of nitrogens with zero attached hydrogens (tertiary/aromatic N) is 1. The minimum atomic E-state index is -0.115. The van der Waals surface area contributed by atoms with E-state index >= 15 is 0 Å². The lowest BCUT2D eigenvalue weighted by atomic mass is 9.78. The highest BCUT2D eigenvalue weighted by atomic mass is 16.5. The molecule has 0 radical (unpaired) electrons. The molecular weight excluding hydrogens is 402 g/mol. The molecule has 5 N–H and O–H groups in total. The van der Waals surface area contributed by atoms with Crippen LogP contribution in [0.1, 0.15) is 70.6 Å². The highest BCUT2D eigenvalue weighted by Gasteiger charge is 2.32. The number of carbonyl (C=O) groups is 1. The van der Waals surface area contributed by atoms with Crippen molar-refractivity contribution in [1.29, 1.82) is 0 Å². The molecule has 0 bridgehead atoms. The molecule has 1 amide bonds.